The van der Waals surface area contributed by atoms with E-state index in [2.05, 4.69) is 10.6 Å². The third kappa shape index (κ3) is 3.94. The number of methoxy groups -OCH3 is 2. The van der Waals surface area contributed by atoms with E-state index in [9.17, 15) is 9.18 Å². The topological polar surface area (TPSA) is 59.6 Å². The number of ether oxygens (including phenoxy) is 2. The van der Waals surface area contributed by atoms with E-state index in [1.54, 1.807) is 26.4 Å². The van der Waals surface area contributed by atoms with Gasteiger partial charge in [0.1, 0.15) is 23.4 Å². The van der Waals surface area contributed by atoms with Crippen LogP contribution in [0.3, 0.4) is 0 Å². The number of halogens is 1. The van der Waals surface area contributed by atoms with Gasteiger partial charge in [-0.25, -0.2) is 4.39 Å². The lowest BCUT2D eigenvalue weighted by molar-refractivity contribution is -0.122. The number of amides is 1. The van der Waals surface area contributed by atoms with Crippen molar-refractivity contribution in [3.8, 4) is 11.5 Å². The highest BCUT2D eigenvalue weighted by Crippen LogP contribution is 2.40. The molecule has 0 saturated heterocycles. The number of anilines is 1. The number of carbonyl (C=O) groups is 1. The van der Waals surface area contributed by atoms with Crippen molar-refractivity contribution in [2.24, 2.45) is 0 Å². The molecule has 0 aromatic heterocycles. The van der Waals surface area contributed by atoms with Gasteiger partial charge in [-0.1, -0.05) is 30.3 Å². The molecule has 1 heterocycles. The second-order valence-corrected chi connectivity index (χ2v) is 7.18. The molecule has 2 unspecified atom stereocenters. The van der Waals surface area contributed by atoms with Crippen LogP contribution in [0.4, 0.5) is 10.1 Å². The smallest absolute Gasteiger partial charge is 0.243 e. The molecule has 30 heavy (non-hydrogen) atoms. The zero-order valence-electron chi connectivity index (χ0n) is 16.8. The van der Waals surface area contributed by atoms with Crippen molar-refractivity contribution in [2.75, 3.05) is 19.5 Å². The molecule has 2 atom stereocenters. The fourth-order valence-electron chi connectivity index (χ4n) is 3.87. The Morgan fingerprint density at radius 3 is 2.37 bits per heavy atom. The predicted molar refractivity (Wildman–Crippen MR) is 113 cm³/mol. The number of rotatable bonds is 6. The quantitative estimate of drug-likeness (QED) is 0.648. The number of nitrogens with one attached hydrogen (secondary N) is 2. The second kappa shape index (κ2) is 8.45. The molecule has 0 fully saturated rings. The van der Waals surface area contributed by atoms with E-state index in [0.717, 1.165) is 22.4 Å². The highest BCUT2D eigenvalue weighted by atomic mass is 19.1. The summed E-state index contributed by atoms with van der Waals surface area (Å²) in [4.78, 5) is 13.1. The molecule has 4 rings (SSSR count). The first-order valence-electron chi connectivity index (χ1n) is 9.69. The zero-order chi connectivity index (χ0) is 21.1. The van der Waals surface area contributed by atoms with E-state index in [-0.39, 0.29) is 17.6 Å². The largest absolute Gasteiger partial charge is 0.497 e. The van der Waals surface area contributed by atoms with Crippen molar-refractivity contribution < 1.29 is 18.7 Å². The van der Waals surface area contributed by atoms with Gasteiger partial charge < -0.3 is 20.1 Å². The van der Waals surface area contributed by atoms with Gasteiger partial charge in [-0.15, -0.1) is 0 Å². The first-order chi connectivity index (χ1) is 14.6. The molecule has 1 aliphatic rings. The van der Waals surface area contributed by atoms with Crippen molar-refractivity contribution >= 4 is 11.6 Å². The van der Waals surface area contributed by atoms with Gasteiger partial charge in [0.15, 0.2) is 0 Å². The fraction of sp³-hybridized carbons (Fsp3) is 0.208. The summed E-state index contributed by atoms with van der Waals surface area (Å²) in [7, 11) is 3.17. The van der Waals surface area contributed by atoms with E-state index >= 15 is 0 Å². The minimum Gasteiger partial charge on any atom is -0.497 e. The van der Waals surface area contributed by atoms with Crippen LogP contribution in [-0.4, -0.2) is 26.2 Å². The molecule has 5 nitrogen and oxygen atoms in total. The molecule has 0 spiro atoms. The minimum atomic E-state index is -0.545. The Labute approximate surface area is 174 Å². The monoisotopic (exact) mass is 406 g/mol. The van der Waals surface area contributed by atoms with Gasteiger partial charge in [0.25, 0.3) is 0 Å². The lowest BCUT2D eigenvalue weighted by atomic mass is 9.87. The van der Waals surface area contributed by atoms with Crippen LogP contribution in [0.2, 0.25) is 0 Å². The van der Waals surface area contributed by atoms with Gasteiger partial charge in [0, 0.05) is 24.2 Å². The molecular formula is C24H23FN2O3. The minimum absolute atomic E-state index is 0.165. The molecule has 154 valence electrons. The maximum atomic E-state index is 13.9. The first kappa shape index (κ1) is 19.8. The second-order valence-electron chi connectivity index (χ2n) is 7.18. The molecule has 0 radical (unpaired) electrons. The van der Waals surface area contributed by atoms with Crippen LogP contribution >= 0.6 is 0 Å². The van der Waals surface area contributed by atoms with Crippen LogP contribution < -0.4 is 20.1 Å². The van der Waals surface area contributed by atoms with Crippen molar-refractivity contribution in [3.05, 3.63) is 89.2 Å². The Morgan fingerprint density at radius 2 is 1.70 bits per heavy atom. The summed E-state index contributed by atoms with van der Waals surface area (Å²) in [6.45, 7) is 0.316. The molecule has 0 saturated carbocycles. The molecule has 0 aliphatic carbocycles. The Hall–Kier alpha value is -3.54. The number of fused-ring (bicyclic) bond motifs is 1. The van der Waals surface area contributed by atoms with E-state index in [0.29, 0.717) is 18.0 Å². The summed E-state index contributed by atoms with van der Waals surface area (Å²) in [5, 5.41) is 6.25. The number of hydrogen-bond donors (Lipinski definition) is 2. The Kier molecular flexibility index (Phi) is 5.57. The SMILES string of the molecule is COc1cc(CNC(=O)C2Nc3ccc(F)cc3C2c2ccccc2)cc(OC)c1. The summed E-state index contributed by atoms with van der Waals surface area (Å²) < 4.78 is 24.5. The number of carbonyl (C=O) groups excluding carboxylic acids is 1. The summed E-state index contributed by atoms with van der Waals surface area (Å²) in [5.74, 6) is 0.547. The van der Waals surface area contributed by atoms with E-state index < -0.39 is 6.04 Å². The summed E-state index contributed by atoms with van der Waals surface area (Å²) in [6, 6.07) is 19.2. The van der Waals surface area contributed by atoms with Crippen LogP contribution in [0.25, 0.3) is 0 Å². The van der Waals surface area contributed by atoms with Gasteiger partial charge >= 0.3 is 0 Å². The fourth-order valence-corrected chi connectivity index (χ4v) is 3.87. The van der Waals surface area contributed by atoms with E-state index in [4.69, 9.17) is 9.47 Å². The third-order valence-electron chi connectivity index (χ3n) is 5.31. The van der Waals surface area contributed by atoms with Crippen molar-refractivity contribution in [3.63, 3.8) is 0 Å². The molecular weight excluding hydrogens is 383 g/mol. The molecule has 1 amide bonds. The molecule has 1 aliphatic heterocycles. The highest BCUT2D eigenvalue weighted by Gasteiger charge is 2.38. The molecule has 3 aromatic carbocycles. The van der Waals surface area contributed by atoms with Gasteiger partial charge in [0.05, 0.1) is 14.2 Å². The predicted octanol–water partition coefficient (Wildman–Crippen LogP) is 4.09. The van der Waals surface area contributed by atoms with Crippen LogP contribution in [0.5, 0.6) is 11.5 Å². The van der Waals surface area contributed by atoms with Gasteiger partial charge in [0.2, 0.25) is 5.91 Å². The summed E-state index contributed by atoms with van der Waals surface area (Å²) in [6.07, 6.45) is 0. The van der Waals surface area contributed by atoms with Crippen molar-refractivity contribution in [1.29, 1.82) is 0 Å². The number of hydrogen-bond acceptors (Lipinski definition) is 4. The lowest BCUT2D eigenvalue weighted by Gasteiger charge is -2.21. The summed E-state index contributed by atoms with van der Waals surface area (Å²) in [5.41, 5.74) is 3.37. The standard InChI is InChI=1S/C24H23FN2O3/c1-29-18-10-15(11-19(13-18)30-2)14-26-24(28)23-22(16-6-4-3-5-7-16)20-12-17(25)8-9-21(20)27-23/h3-13,22-23,27H,14H2,1-2H3,(H,26,28). The first-order valence-corrected chi connectivity index (χ1v) is 9.69. The zero-order valence-corrected chi connectivity index (χ0v) is 16.8. The summed E-state index contributed by atoms with van der Waals surface area (Å²) >= 11 is 0. The molecule has 2 N–H and O–H groups in total. The molecule has 6 heteroatoms. The van der Waals surface area contributed by atoms with E-state index in [1.165, 1.54) is 12.1 Å². The van der Waals surface area contributed by atoms with Gasteiger partial charge in [-0.2, -0.15) is 0 Å². The Morgan fingerprint density at radius 1 is 1.00 bits per heavy atom. The van der Waals surface area contributed by atoms with Crippen LogP contribution in [0.1, 0.15) is 22.6 Å². The average Bonchev–Trinajstić information content (AvgIpc) is 3.16. The maximum Gasteiger partial charge on any atom is 0.243 e. The highest BCUT2D eigenvalue weighted by molar-refractivity contribution is 5.89. The Bertz CT molecular complexity index is 1030. The van der Waals surface area contributed by atoms with Crippen molar-refractivity contribution in [2.45, 2.75) is 18.5 Å². The average molecular weight is 406 g/mol. The lowest BCUT2D eigenvalue weighted by Crippen LogP contribution is -2.40. The molecule has 0 bridgehead atoms. The molecule has 3 aromatic rings. The van der Waals surface area contributed by atoms with Crippen LogP contribution in [0, 0.1) is 5.82 Å². The maximum absolute atomic E-state index is 13.9. The van der Waals surface area contributed by atoms with Crippen LogP contribution in [-0.2, 0) is 11.3 Å². The number of benzene rings is 3. The van der Waals surface area contributed by atoms with Gasteiger partial charge in [-0.3, -0.25) is 4.79 Å². The Balaban J connectivity index is 1.57. The normalized spacial score (nSPS) is 17.0. The van der Waals surface area contributed by atoms with Crippen LogP contribution in [0.15, 0.2) is 66.7 Å². The van der Waals surface area contributed by atoms with E-state index in [1.807, 2.05) is 42.5 Å². The van der Waals surface area contributed by atoms with Gasteiger partial charge in [-0.05, 0) is 47.0 Å². The third-order valence-corrected chi connectivity index (χ3v) is 5.31. The van der Waals surface area contributed by atoms with Crippen molar-refractivity contribution in [1.82, 2.24) is 5.32 Å².